The van der Waals surface area contributed by atoms with Crippen molar-refractivity contribution in [1.29, 1.82) is 0 Å². The highest BCUT2D eigenvalue weighted by atomic mass is 16.2. The van der Waals surface area contributed by atoms with E-state index < -0.39 is 0 Å². The summed E-state index contributed by atoms with van der Waals surface area (Å²) in [6, 6.07) is 0.562. The molecule has 94 valence electrons. The Kier molecular flexibility index (Phi) is 4.19. The molecule has 2 amide bonds. The zero-order chi connectivity index (χ0) is 12.3. The fourth-order valence-electron chi connectivity index (χ4n) is 2.14. The largest absolute Gasteiger partial charge is 0.323 e. The minimum Gasteiger partial charge on any atom is -0.323 e. The first-order chi connectivity index (χ1) is 7.41. The standard InChI is InChI=1S/C12H25N3O/c1-6-7-10-8-15(11(16)14(10)5)9-12(2,3)13-4/h10,13H,6-9H2,1-5H3. The van der Waals surface area contributed by atoms with Crippen molar-refractivity contribution in [3.05, 3.63) is 0 Å². The molecule has 1 saturated heterocycles. The van der Waals surface area contributed by atoms with Crippen molar-refractivity contribution in [2.75, 3.05) is 27.2 Å². The summed E-state index contributed by atoms with van der Waals surface area (Å²) in [5.74, 6) is 0. The van der Waals surface area contributed by atoms with Crippen LogP contribution in [0.2, 0.25) is 0 Å². The van der Waals surface area contributed by atoms with Gasteiger partial charge >= 0.3 is 6.03 Å². The first-order valence-electron chi connectivity index (χ1n) is 6.12. The lowest BCUT2D eigenvalue weighted by Gasteiger charge is -2.29. The molecular formula is C12H25N3O. The number of hydrogen-bond donors (Lipinski definition) is 1. The first kappa shape index (κ1) is 13.3. The van der Waals surface area contributed by atoms with Crippen molar-refractivity contribution in [3.63, 3.8) is 0 Å². The summed E-state index contributed by atoms with van der Waals surface area (Å²) in [5, 5.41) is 3.24. The molecule has 0 aliphatic carbocycles. The average Bonchev–Trinajstić information content (AvgIpc) is 2.47. The van der Waals surface area contributed by atoms with Gasteiger partial charge in [-0.25, -0.2) is 4.79 Å². The third-order valence-corrected chi connectivity index (χ3v) is 3.44. The normalized spacial score (nSPS) is 22.1. The van der Waals surface area contributed by atoms with E-state index in [1.54, 1.807) is 0 Å². The van der Waals surface area contributed by atoms with Crippen molar-refractivity contribution < 1.29 is 4.79 Å². The van der Waals surface area contributed by atoms with Gasteiger partial charge in [-0.2, -0.15) is 0 Å². The molecule has 0 spiro atoms. The summed E-state index contributed by atoms with van der Waals surface area (Å²) < 4.78 is 0. The van der Waals surface area contributed by atoms with Gasteiger partial charge in [-0.1, -0.05) is 13.3 Å². The third-order valence-electron chi connectivity index (χ3n) is 3.44. The van der Waals surface area contributed by atoms with E-state index in [-0.39, 0.29) is 11.6 Å². The van der Waals surface area contributed by atoms with Crippen molar-refractivity contribution >= 4 is 6.03 Å². The smallest absolute Gasteiger partial charge is 0.320 e. The Hall–Kier alpha value is -0.770. The quantitative estimate of drug-likeness (QED) is 0.773. The molecule has 4 heteroatoms. The van der Waals surface area contributed by atoms with E-state index in [4.69, 9.17) is 0 Å². The minimum absolute atomic E-state index is 0.0163. The number of carbonyl (C=O) groups excluding carboxylic acids is 1. The second-order valence-electron chi connectivity index (χ2n) is 5.35. The average molecular weight is 227 g/mol. The molecule has 0 bridgehead atoms. The van der Waals surface area contributed by atoms with E-state index >= 15 is 0 Å². The SMILES string of the molecule is CCCC1CN(CC(C)(C)NC)C(=O)N1C. The molecule has 0 aromatic heterocycles. The topological polar surface area (TPSA) is 35.6 Å². The van der Waals surface area contributed by atoms with Gasteiger partial charge in [0.05, 0.1) is 6.04 Å². The van der Waals surface area contributed by atoms with Crippen LogP contribution in [0.5, 0.6) is 0 Å². The maximum absolute atomic E-state index is 12.0. The number of amides is 2. The second kappa shape index (κ2) is 5.04. The second-order valence-corrected chi connectivity index (χ2v) is 5.35. The molecule has 4 nitrogen and oxygen atoms in total. The van der Waals surface area contributed by atoms with E-state index in [1.807, 2.05) is 23.9 Å². The Morgan fingerprint density at radius 3 is 2.62 bits per heavy atom. The van der Waals surface area contributed by atoms with Gasteiger partial charge in [0, 0.05) is 25.7 Å². The molecule has 1 fully saturated rings. The van der Waals surface area contributed by atoms with Gasteiger partial charge < -0.3 is 15.1 Å². The van der Waals surface area contributed by atoms with Crippen molar-refractivity contribution in [3.8, 4) is 0 Å². The Morgan fingerprint density at radius 2 is 2.12 bits per heavy atom. The van der Waals surface area contributed by atoms with Gasteiger partial charge in [-0.3, -0.25) is 0 Å². The van der Waals surface area contributed by atoms with Crippen LogP contribution >= 0.6 is 0 Å². The van der Waals surface area contributed by atoms with Gasteiger partial charge in [0.2, 0.25) is 0 Å². The van der Waals surface area contributed by atoms with Gasteiger partial charge in [0.15, 0.2) is 0 Å². The molecule has 16 heavy (non-hydrogen) atoms. The predicted octanol–water partition coefficient (Wildman–Crippen LogP) is 1.52. The van der Waals surface area contributed by atoms with Crippen molar-refractivity contribution in [2.45, 2.75) is 45.2 Å². The van der Waals surface area contributed by atoms with Crippen molar-refractivity contribution in [2.24, 2.45) is 0 Å². The molecule has 1 heterocycles. The van der Waals surface area contributed by atoms with E-state index in [0.29, 0.717) is 6.04 Å². The first-order valence-corrected chi connectivity index (χ1v) is 6.12. The molecule has 1 rings (SSSR count). The monoisotopic (exact) mass is 227 g/mol. The molecule has 1 N–H and O–H groups in total. The zero-order valence-electron chi connectivity index (χ0n) is 11.2. The minimum atomic E-state index is -0.0163. The van der Waals surface area contributed by atoms with Crippen LogP contribution < -0.4 is 5.32 Å². The Labute approximate surface area is 99.0 Å². The maximum atomic E-state index is 12.0. The van der Waals surface area contributed by atoms with Crippen molar-refractivity contribution in [1.82, 2.24) is 15.1 Å². The number of nitrogens with zero attached hydrogens (tertiary/aromatic N) is 2. The Balaban J connectivity index is 2.60. The Bertz CT molecular complexity index is 253. The fraction of sp³-hybridized carbons (Fsp3) is 0.917. The Morgan fingerprint density at radius 1 is 1.50 bits per heavy atom. The summed E-state index contributed by atoms with van der Waals surface area (Å²) in [5.41, 5.74) is -0.0163. The lowest BCUT2D eigenvalue weighted by molar-refractivity contribution is 0.184. The molecule has 1 unspecified atom stereocenters. The summed E-state index contributed by atoms with van der Waals surface area (Å²) >= 11 is 0. The maximum Gasteiger partial charge on any atom is 0.320 e. The summed E-state index contributed by atoms with van der Waals surface area (Å²) in [7, 11) is 3.85. The number of carbonyl (C=O) groups is 1. The van der Waals surface area contributed by atoms with Gasteiger partial charge in [0.1, 0.15) is 0 Å². The van der Waals surface area contributed by atoms with Crippen LogP contribution in [-0.4, -0.2) is 54.6 Å². The predicted molar refractivity (Wildman–Crippen MR) is 66.6 cm³/mol. The van der Waals surface area contributed by atoms with Gasteiger partial charge in [-0.15, -0.1) is 0 Å². The molecule has 0 radical (unpaired) electrons. The summed E-state index contributed by atoms with van der Waals surface area (Å²) in [6.45, 7) is 8.04. The highest BCUT2D eigenvalue weighted by Gasteiger charge is 2.36. The number of nitrogens with one attached hydrogen (secondary N) is 1. The number of rotatable bonds is 5. The number of urea groups is 1. The third kappa shape index (κ3) is 2.88. The highest BCUT2D eigenvalue weighted by Crippen LogP contribution is 2.19. The summed E-state index contributed by atoms with van der Waals surface area (Å²) in [4.78, 5) is 15.8. The van der Waals surface area contributed by atoms with Crippen LogP contribution in [0.3, 0.4) is 0 Å². The molecule has 0 saturated carbocycles. The molecule has 1 atom stereocenters. The van der Waals surface area contributed by atoms with Crippen LogP contribution in [0.25, 0.3) is 0 Å². The van der Waals surface area contributed by atoms with Crippen LogP contribution in [0.4, 0.5) is 4.79 Å². The van der Waals surface area contributed by atoms with E-state index in [9.17, 15) is 4.79 Å². The number of likely N-dealkylation sites (N-methyl/N-ethyl adjacent to an activating group) is 2. The molecule has 0 aromatic carbocycles. The number of hydrogen-bond acceptors (Lipinski definition) is 2. The lowest BCUT2D eigenvalue weighted by Crippen LogP contribution is -2.48. The fourth-order valence-corrected chi connectivity index (χ4v) is 2.14. The highest BCUT2D eigenvalue weighted by molar-refractivity contribution is 5.77. The molecule has 1 aliphatic heterocycles. The lowest BCUT2D eigenvalue weighted by atomic mass is 10.1. The summed E-state index contributed by atoms with van der Waals surface area (Å²) in [6.07, 6.45) is 2.23. The van der Waals surface area contributed by atoms with Gasteiger partial charge in [-0.05, 0) is 27.3 Å². The molecule has 1 aliphatic rings. The van der Waals surface area contributed by atoms with E-state index in [1.165, 1.54) is 0 Å². The van der Waals surface area contributed by atoms with Crippen LogP contribution in [-0.2, 0) is 0 Å². The van der Waals surface area contributed by atoms with Crippen LogP contribution in [0.15, 0.2) is 0 Å². The molecular weight excluding hydrogens is 202 g/mol. The zero-order valence-corrected chi connectivity index (χ0v) is 11.2. The van der Waals surface area contributed by atoms with Crippen LogP contribution in [0.1, 0.15) is 33.6 Å². The van der Waals surface area contributed by atoms with E-state index in [2.05, 4.69) is 26.1 Å². The van der Waals surface area contributed by atoms with Gasteiger partial charge in [0.25, 0.3) is 0 Å². The van der Waals surface area contributed by atoms with E-state index in [0.717, 1.165) is 25.9 Å². The van der Waals surface area contributed by atoms with Crippen LogP contribution in [0, 0.1) is 0 Å². The molecule has 0 aromatic rings.